The molecule has 0 aromatic carbocycles. The zero-order valence-corrected chi connectivity index (χ0v) is 12.4. The molecule has 10 atom stereocenters. The second kappa shape index (κ2) is 7.45. The van der Waals surface area contributed by atoms with Gasteiger partial charge in [-0.05, 0) is 0 Å². The van der Waals surface area contributed by atoms with Crippen molar-refractivity contribution in [1.82, 2.24) is 0 Å². The lowest BCUT2D eigenvalue weighted by atomic mass is 9.96. The Morgan fingerprint density at radius 3 is 1.72 bits per heavy atom. The maximum atomic E-state index is 11.0. The first-order chi connectivity index (χ1) is 11.6. The number of carboxylic acids is 2. The predicted octanol–water partition coefficient (Wildman–Crippen LogP) is -5.21. The molecule has 0 aromatic rings. The summed E-state index contributed by atoms with van der Waals surface area (Å²) in [7, 11) is 0. The molecule has 0 radical (unpaired) electrons. The highest BCUT2D eigenvalue weighted by atomic mass is 16.7. The Hall–Kier alpha value is -1.42. The average molecular weight is 370 g/mol. The second-order valence-corrected chi connectivity index (χ2v) is 5.60. The fourth-order valence-corrected chi connectivity index (χ4v) is 2.53. The minimum Gasteiger partial charge on any atom is -0.479 e. The molecule has 2 heterocycles. The van der Waals surface area contributed by atoms with E-state index < -0.39 is 73.4 Å². The van der Waals surface area contributed by atoms with E-state index in [4.69, 9.17) is 19.7 Å². The van der Waals surface area contributed by atoms with Gasteiger partial charge in [-0.15, -0.1) is 0 Å². The molecule has 25 heavy (non-hydrogen) atoms. The number of carbonyl (C=O) groups is 2. The van der Waals surface area contributed by atoms with Crippen LogP contribution in [0.15, 0.2) is 0 Å². The summed E-state index contributed by atoms with van der Waals surface area (Å²) in [6, 6.07) is 0. The van der Waals surface area contributed by atoms with Gasteiger partial charge in [0.2, 0.25) is 0 Å². The van der Waals surface area contributed by atoms with Crippen molar-refractivity contribution in [2.24, 2.45) is 0 Å². The lowest BCUT2D eigenvalue weighted by molar-refractivity contribution is -0.348. The standard InChI is InChI=1S/C12H18O13/c13-1-2(14)7(9(18)19)25-12(3(1)15)24-6-4(16)8(10(20)21)23-11(22)5(6)17/h1-8,11-17,22H,(H,18,19)(H,20,21)/t1-,2+,3+,4+,5+,6-,7-,8-,11+,12-/m0/s1. The van der Waals surface area contributed by atoms with Gasteiger partial charge in [-0.2, -0.15) is 0 Å². The quantitative estimate of drug-likeness (QED) is 0.232. The molecule has 2 saturated heterocycles. The monoisotopic (exact) mass is 370 g/mol. The summed E-state index contributed by atoms with van der Waals surface area (Å²) in [5.41, 5.74) is 0. The van der Waals surface area contributed by atoms with Gasteiger partial charge in [-0.25, -0.2) is 9.59 Å². The minimum absolute atomic E-state index is 1.68. The van der Waals surface area contributed by atoms with Crippen LogP contribution in [0.2, 0.25) is 0 Å². The normalized spacial score (nSPS) is 48.1. The van der Waals surface area contributed by atoms with Crippen LogP contribution in [0.3, 0.4) is 0 Å². The van der Waals surface area contributed by atoms with E-state index in [0.29, 0.717) is 0 Å². The lowest BCUT2D eigenvalue weighted by Crippen LogP contribution is -2.65. The third kappa shape index (κ3) is 3.74. The fraction of sp³-hybridized carbons (Fsp3) is 0.833. The molecule has 0 spiro atoms. The van der Waals surface area contributed by atoms with Crippen molar-refractivity contribution in [1.29, 1.82) is 0 Å². The zero-order chi connectivity index (χ0) is 19.0. The molecule has 13 nitrogen and oxygen atoms in total. The molecule has 2 fully saturated rings. The first-order valence-corrected chi connectivity index (χ1v) is 7.06. The molecule has 0 bridgehead atoms. The highest BCUT2D eigenvalue weighted by Gasteiger charge is 2.53. The Balaban J connectivity index is 2.20. The topological polar surface area (TPSA) is 224 Å². The van der Waals surface area contributed by atoms with Crippen LogP contribution >= 0.6 is 0 Å². The summed E-state index contributed by atoms with van der Waals surface area (Å²) < 4.78 is 14.3. The molecular weight excluding hydrogens is 352 g/mol. The molecule has 0 amide bonds. The van der Waals surface area contributed by atoms with E-state index in [1.165, 1.54) is 0 Å². The Bertz CT molecular complexity index is 511. The Morgan fingerprint density at radius 2 is 1.20 bits per heavy atom. The van der Waals surface area contributed by atoms with Gasteiger partial charge in [0, 0.05) is 0 Å². The van der Waals surface area contributed by atoms with Gasteiger partial charge in [0.25, 0.3) is 0 Å². The molecule has 0 aliphatic carbocycles. The van der Waals surface area contributed by atoms with Gasteiger partial charge < -0.3 is 55.1 Å². The van der Waals surface area contributed by atoms with Crippen LogP contribution in [0.25, 0.3) is 0 Å². The molecule has 0 unspecified atom stereocenters. The number of carboxylic acid groups (broad SMARTS) is 2. The van der Waals surface area contributed by atoms with Crippen molar-refractivity contribution in [2.75, 3.05) is 0 Å². The Morgan fingerprint density at radius 1 is 0.680 bits per heavy atom. The van der Waals surface area contributed by atoms with Gasteiger partial charge in [0.1, 0.15) is 36.6 Å². The number of ether oxygens (including phenoxy) is 3. The van der Waals surface area contributed by atoms with Gasteiger partial charge in [-0.3, -0.25) is 0 Å². The van der Waals surface area contributed by atoms with Gasteiger partial charge in [-0.1, -0.05) is 0 Å². The smallest absolute Gasteiger partial charge is 0.335 e. The molecule has 8 N–H and O–H groups in total. The molecule has 0 saturated carbocycles. The van der Waals surface area contributed by atoms with E-state index >= 15 is 0 Å². The highest BCUT2D eigenvalue weighted by Crippen LogP contribution is 2.28. The minimum atomic E-state index is -2.07. The van der Waals surface area contributed by atoms with Crippen LogP contribution in [-0.2, 0) is 23.8 Å². The first-order valence-electron chi connectivity index (χ1n) is 7.06. The highest BCUT2D eigenvalue weighted by molar-refractivity contribution is 5.73. The zero-order valence-electron chi connectivity index (χ0n) is 12.4. The van der Waals surface area contributed by atoms with Crippen molar-refractivity contribution >= 4 is 11.9 Å². The van der Waals surface area contributed by atoms with Gasteiger partial charge >= 0.3 is 11.9 Å². The Kier molecular flexibility index (Phi) is 5.93. The molecule has 2 aliphatic heterocycles. The maximum absolute atomic E-state index is 11.0. The van der Waals surface area contributed by atoms with Crippen LogP contribution in [0.5, 0.6) is 0 Å². The second-order valence-electron chi connectivity index (χ2n) is 5.60. The summed E-state index contributed by atoms with van der Waals surface area (Å²) in [6.45, 7) is 0. The number of aliphatic hydroxyl groups is 6. The summed E-state index contributed by atoms with van der Waals surface area (Å²) in [4.78, 5) is 22.0. The molecular formula is C12H18O13. The van der Waals surface area contributed by atoms with E-state index in [2.05, 4.69) is 4.74 Å². The number of aliphatic hydroxyl groups excluding tert-OH is 6. The van der Waals surface area contributed by atoms with Crippen LogP contribution in [-0.4, -0.2) is 114 Å². The van der Waals surface area contributed by atoms with Gasteiger partial charge in [0.15, 0.2) is 24.8 Å². The van der Waals surface area contributed by atoms with Crippen molar-refractivity contribution < 1.29 is 64.7 Å². The molecule has 2 aliphatic rings. The van der Waals surface area contributed by atoms with Gasteiger partial charge in [0.05, 0.1) is 0 Å². The lowest BCUT2D eigenvalue weighted by Gasteiger charge is -2.44. The predicted molar refractivity (Wildman–Crippen MR) is 69.7 cm³/mol. The van der Waals surface area contributed by atoms with E-state index in [1.807, 2.05) is 0 Å². The SMILES string of the molecule is O=C(O)[C@H]1O[C@H](O[C@@H]2[C@@H](O)[C@H](O)O[C@H](C(=O)O)[C@@H]2O)[C@H](O)[C@@H](O)[C@H]1O. The van der Waals surface area contributed by atoms with E-state index in [0.717, 1.165) is 0 Å². The number of aliphatic carboxylic acids is 2. The largest absolute Gasteiger partial charge is 0.479 e. The van der Waals surface area contributed by atoms with Crippen LogP contribution in [0, 0.1) is 0 Å². The summed E-state index contributed by atoms with van der Waals surface area (Å²) in [5.74, 6) is -3.38. The van der Waals surface area contributed by atoms with Crippen molar-refractivity contribution in [3.8, 4) is 0 Å². The summed E-state index contributed by atoms with van der Waals surface area (Å²) >= 11 is 0. The summed E-state index contributed by atoms with van der Waals surface area (Å²) in [6.07, 6.45) is -19.9. The number of hydrogen-bond donors (Lipinski definition) is 8. The van der Waals surface area contributed by atoms with E-state index in [1.54, 1.807) is 0 Å². The van der Waals surface area contributed by atoms with Crippen molar-refractivity contribution in [2.45, 2.75) is 61.4 Å². The number of rotatable bonds is 4. The third-order valence-corrected chi connectivity index (χ3v) is 3.91. The Labute approximate surface area is 139 Å². The molecule has 0 aromatic heterocycles. The van der Waals surface area contributed by atoms with Crippen molar-refractivity contribution in [3.63, 3.8) is 0 Å². The van der Waals surface area contributed by atoms with Crippen LogP contribution in [0.4, 0.5) is 0 Å². The molecule has 144 valence electrons. The average Bonchev–Trinajstić information content (AvgIpc) is 2.54. The third-order valence-electron chi connectivity index (χ3n) is 3.91. The fourth-order valence-electron chi connectivity index (χ4n) is 2.53. The maximum Gasteiger partial charge on any atom is 0.335 e. The van der Waals surface area contributed by atoms with E-state index in [9.17, 15) is 40.2 Å². The van der Waals surface area contributed by atoms with E-state index in [-0.39, 0.29) is 0 Å². The molecule has 2 rings (SSSR count). The van der Waals surface area contributed by atoms with Crippen LogP contribution in [0.1, 0.15) is 0 Å². The van der Waals surface area contributed by atoms with Crippen molar-refractivity contribution in [3.05, 3.63) is 0 Å². The first kappa shape index (κ1) is 19.9. The van der Waals surface area contributed by atoms with Crippen LogP contribution < -0.4 is 0 Å². The summed E-state index contributed by atoms with van der Waals surface area (Å²) in [5, 5.41) is 76.1. The number of hydrogen-bond acceptors (Lipinski definition) is 11. The molecule has 13 heteroatoms.